The highest BCUT2D eigenvalue weighted by atomic mass is 15.3. The maximum absolute atomic E-state index is 5.15. The van der Waals surface area contributed by atoms with Crippen LogP contribution in [0.3, 0.4) is 0 Å². The number of aryl methyl sites for hydroxylation is 1. The lowest BCUT2D eigenvalue weighted by molar-refractivity contribution is 0.318. The number of aromatic nitrogens is 5. The highest BCUT2D eigenvalue weighted by Gasteiger charge is 2.26. The number of hydrogen-bond donors (Lipinski definition) is 0. The highest BCUT2D eigenvalue weighted by molar-refractivity contribution is 5.78. The van der Waals surface area contributed by atoms with E-state index in [2.05, 4.69) is 95.6 Å². The van der Waals surface area contributed by atoms with Crippen molar-refractivity contribution >= 4 is 28.6 Å². The average molecular weight is 507 g/mol. The zero-order valence-corrected chi connectivity index (χ0v) is 21.9. The molecule has 8 heteroatoms. The number of imidazole rings is 1. The second-order valence-corrected chi connectivity index (χ2v) is 10.6. The van der Waals surface area contributed by atoms with E-state index in [-0.39, 0.29) is 0 Å². The van der Waals surface area contributed by atoms with Crippen LogP contribution in [0.5, 0.6) is 0 Å². The van der Waals surface area contributed by atoms with Crippen molar-refractivity contribution in [2.45, 2.75) is 18.9 Å². The zero-order valence-electron chi connectivity index (χ0n) is 21.9. The monoisotopic (exact) mass is 506 g/mol. The molecule has 0 saturated carbocycles. The number of pyridine rings is 2. The summed E-state index contributed by atoms with van der Waals surface area (Å²) in [6, 6.07) is 10.9. The molecule has 2 aliphatic heterocycles. The first kappa shape index (κ1) is 23.2. The summed E-state index contributed by atoms with van der Waals surface area (Å²) in [5.74, 6) is 2.82. The van der Waals surface area contributed by atoms with E-state index in [1.54, 1.807) is 0 Å². The number of nitrogens with zero attached hydrogens (tertiary/aromatic N) is 8. The van der Waals surface area contributed by atoms with Gasteiger partial charge in [0.15, 0.2) is 0 Å². The Hall–Kier alpha value is -3.91. The molecule has 3 aliphatic rings. The van der Waals surface area contributed by atoms with Crippen LogP contribution in [-0.4, -0.2) is 79.7 Å². The second-order valence-electron chi connectivity index (χ2n) is 10.6. The first-order valence-corrected chi connectivity index (χ1v) is 13.7. The predicted molar refractivity (Wildman–Crippen MR) is 152 cm³/mol. The summed E-state index contributed by atoms with van der Waals surface area (Å²) in [5.41, 5.74) is 4.64. The maximum atomic E-state index is 5.15. The van der Waals surface area contributed by atoms with Crippen molar-refractivity contribution in [2.24, 2.45) is 7.05 Å². The summed E-state index contributed by atoms with van der Waals surface area (Å²) in [5, 5.41) is 1.21. The Balaban J connectivity index is 1.00. The Morgan fingerprint density at radius 2 is 1.79 bits per heavy atom. The van der Waals surface area contributed by atoms with E-state index in [9.17, 15) is 0 Å². The van der Waals surface area contributed by atoms with Gasteiger partial charge in [0, 0.05) is 100 Å². The van der Waals surface area contributed by atoms with E-state index in [1.807, 2.05) is 18.6 Å². The molecule has 0 aromatic carbocycles. The molecule has 0 N–H and O–H groups in total. The van der Waals surface area contributed by atoms with Crippen molar-refractivity contribution in [3.05, 3.63) is 84.4 Å². The number of likely N-dealkylation sites (tertiary alicyclic amines) is 1. The van der Waals surface area contributed by atoms with Crippen molar-refractivity contribution in [3.8, 4) is 0 Å². The number of piperazine rings is 1. The molecule has 2 fully saturated rings. The highest BCUT2D eigenvalue weighted by Crippen LogP contribution is 2.28. The smallest absolute Gasteiger partial charge is 0.142 e. The second kappa shape index (κ2) is 9.76. The Morgan fingerprint density at radius 1 is 0.895 bits per heavy atom. The maximum Gasteiger partial charge on any atom is 0.142 e. The summed E-state index contributed by atoms with van der Waals surface area (Å²) < 4.78 is 4.49. The predicted octanol–water partition coefficient (Wildman–Crippen LogP) is 3.84. The molecule has 4 aromatic heterocycles. The molecule has 1 atom stereocenters. The lowest BCUT2D eigenvalue weighted by atomic mass is 10.1. The van der Waals surface area contributed by atoms with E-state index in [0.717, 1.165) is 69.5 Å². The molecule has 1 unspecified atom stereocenters. The van der Waals surface area contributed by atoms with Crippen molar-refractivity contribution in [1.82, 2.24) is 33.9 Å². The van der Waals surface area contributed by atoms with Gasteiger partial charge in [-0.2, -0.15) is 0 Å². The number of allylic oxidation sites excluding steroid dienone is 2. The van der Waals surface area contributed by atoms with Gasteiger partial charge < -0.3 is 23.8 Å². The Morgan fingerprint density at radius 3 is 2.66 bits per heavy atom. The van der Waals surface area contributed by atoms with Gasteiger partial charge in [-0.3, -0.25) is 4.98 Å². The molecule has 0 spiro atoms. The topological polar surface area (TPSA) is 58.3 Å². The van der Waals surface area contributed by atoms with Gasteiger partial charge >= 0.3 is 0 Å². The fraction of sp³-hybridized carbons (Fsp3) is 0.367. The minimum absolute atomic E-state index is 0.533. The SMILES string of the molecule is Cn1ccnc1C1CCN(CCn2ccc3ccc(N4CCN(C5=CC=Cc6cc5ccn6)CC4)nc32)C1. The van der Waals surface area contributed by atoms with Gasteiger partial charge in [-0.1, -0.05) is 6.08 Å². The molecule has 2 bridgehead atoms. The summed E-state index contributed by atoms with van der Waals surface area (Å²) in [4.78, 5) is 21.6. The van der Waals surface area contributed by atoms with Gasteiger partial charge in [-0.25, -0.2) is 9.97 Å². The molecule has 1 aliphatic carbocycles. The van der Waals surface area contributed by atoms with Crippen molar-refractivity contribution < 1.29 is 0 Å². The first-order valence-electron chi connectivity index (χ1n) is 13.7. The fourth-order valence-electron chi connectivity index (χ4n) is 6.17. The molecule has 0 radical (unpaired) electrons. The summed E-state index contributed by atoms with van der Waals surface area (Å²) in [6.07, 6.45) is 15.6. The van der Waals surface area contributed by atoms with Crippen LogP contribution >= 0.6 is 0 Å². The van der Waals surface area contributed by atoms with Crippen LogP contribution in [0, 0.1) is 0 Å². The van der Waals surface area contributed by atoms with Crippen LogP contribution in [0.15, 0.2) is 67.3 Å². The Bertz CT molecular complexity index is 1500. The quantitative estimate of drug-likeness (QED) is 0.396. The van der Waals surface area contributed by atoms with Gasteiger partial charge in [0.05, 0.1) is 5.69 Å². The van der Waals surface area contributed by atoms with Gasteiger partial charge in [0.25, 0.3) is 0 Å². The molecular formula is C30H34N8. The van der Waals surface area contributed by atoms with Gasteiger partial charge in [0.1, 0.15) is 17.3 Å². The molecule has 6 heterocycles. The van der Waals surface area contributed by atoms with Crippen molar-refractivity contribution in [1.29, 1.82) is 0 Å². The molecule has 7 rings (SSSR count). The molecular weight excluding hydrogens is 472 g/mol. The third kappa shape index (κ3) is 4.39. The minimum Gasteiger partial charge on any atom is -0.367 e. The normalized spacial score (nSPS) is 19.8. The minimum atomic E-state index is 0.533. The lowest BCUT2D eigenvalue weighted by Gasteiger charge is -2.38. The molecule has 38 heavy (non-hydrogen) atoms. The van der Waals surface area contributed by atoms with Crippen LogP contribution < -0.4 is 4.90 Å². The van der Waals surface area contributed by atoms with E-state index in [1.165, 1.54) is 28.9 Å². The Kier molecular flexibility index (Phi) is 5.96. The van der Waals surface area contributed by atoms with Crippen molar-refractivity contribution in [3.63, 3.8) is 0 Å². The van der Waals surface area contributed by atoms with E-state index in [0.29, 0.717) is 5.92 Å². The molecule has 0 amide bonds. The number of fused-ring (bicyclic) bond motifs is 3. The summed E-state index contributed by atoms with van der Waals surface area (Å²) in [7, 11) is 2.10. The average Bonchev–Trinajstić information content (AvgIpc) is 3.67. The molecule has 8 nitrogen and oxygen atoms in total. The fourth-order valence-corrected chi connectivity index (χ4v) is 6.17. The Labute approximate surface area is 223 Å². The van der Waals surface area contributed by atoms with Crippen LogP contribution in [-0.2, 0) is 13.6 Å². The molecule has 4 aromatic rings. The van der Waals surface area contributed by atoms with Crippen LogP contribution in [0.4, 0.5) is 5.82 Å². The third-order valence-corrected chi connectivity index (χ3v) is 8.29. The van der Waals surface area contributed by atoms with Crippen molar-refractivity contribution in [2.75, 3.05) is 50.7 Å². The molecule has 2 saturated heterocycles. The van der Waals surface area contributed by atoms with Crippen LogP contribution in [0.1, 0.15) is 29.4 Å². The van der Waals surface area contributed by atoms with Crippen LogP contribution in [0.2, 0.25) is 0 Å². The van der Waals surface area contributed by atoms with E-state index >= 15 is 0 Å². The van der Waals surface area contributed by atoms with Gasteiger partial charge in [0.2, 0.25) is 0 Å². The largest absolute Gasteiger partial charge is 0.367 e. The standard InChI is InChI=1S/C30H34N8/c1-34-14-11-32-29(34)25-8-12-35(22-25)15-16-38-13-9-23-5-6-28(33-30(23)38)37-19-17-36(18-20-37)27-4-2-3-26-21-24(27)7-10-31-26/h2-7,9-11,13-14,21,25H,8,12,15-20,22H2,1H3. The third-order valence-electron chi connectivity index (χ3n) is 8.29. The molecule has 194 valence electrons. The number of anilines is 1. The summed E-state index contributed by atoms with van der Waals surface area (Å²) in [6.45, 7) is 8.08. The lowest BCUT2D eigenvalue weighted by Crippen LogP contribution is -2.45. The number of hydrogen-bond acceptors (Lipinski definition) is 6. The number of rotatable bonds is 6. The van der Waals surface area contributed by atoms with Gasteiger partial charge in [-0.15, -0.1) is 0 Å². The first-order chi connectivity index (χ1) is 18.7. The summed E-state index contributed by atoms with van der Waals surface area (Å²) >= 11 is 0. The van der Waals surface area contributed by atoms with E-state index < -0.39 is 0 Å². The zero-order chi connectivity index (χ0) is 25.5. The van der Waals surface area contributed by atoms with Gasteiger partial charge in [-0.05, 0) is 55.4 Å². The van der Waals surface area contributed by atoms with E-state index in [4.69, 9.17) is 4.98 Å². The van der Waals surface area contributed by atoms with Crippen LogP contribution in [0.25, 0.3) is 22.8 Å².